The van der Waals surface area contributed by atoms with E-state index < -0.39 is 0 Å². The number of hydrogen-bond acceptors (Lipinski definition) is 1. The minimum absolute atomic E-state index is 1.00. The first-order chi connectivity index (χ1) is 8.83. The topological polar surface area (TPSA) is 17.0 Å². The van der Waals surface area contributed by atoms with Gasteiger partial charge in [-0.2, -0.15) is 0 Å². The van der Waals surface area contributed by atoms with Gasteiger partial charge in [-0.15, -0.1) is 0 Å². The van der Waals surface area contributed by atoms with Crippen LogP contribution in [0.2, 0.25) is 0 Å². The van der Waals surface area contributed by atoms with Crippen LogP contribution in [0.5, 0.6) is 0 Å². The SMILES string of the molecule is CCn1c(C)c(C2=CCNCC2)c2ccccc21. The van der Waals surface area contributed by atoms with E-state index in [0.717, 1.165) is 26.1 Å². The van der Waals surface area contributed by atoms with Crippen LogP contribution >= 0.6 is 0 Å². The first kappa shape index (κ1) is 11.5. The summed E-state index contributed by atoms with van der Waals surface area (Å²) >= 11 is 0. The minimum Gasteiger partial charge on any atom is -0.345 e. The summed E-state index contributed by atoms with van der Waals surface area (Å²) in [5.74, 6) is 0. The van der Waals surface area contributed by atoms with Crippen molar-refractivity contribution in [1.82, 2.24) is 9.88 Å². The molecule has 2 heterocycles. The van der Waals surface area contributed by atoms with Gasteiger partial charge in [0, 0.05) is 35.2 Å². The van der Waals surface area contributed by atoms with Gasteiger partial charge in [-0.05, 0) is 38.5 Å². The lowest BCUT2D eigenvalue weighted by Gasteiger charge is -2.15. The summed E-state index contributed by atoms with van der Waals surface area (Å²) < 4.78 is 2.42. The van der Waals surface area contributed by atoms with Gasteiger partial charge in [0.1, 0.15) is 0 Å². The lowest BCUT2D eigenvalue weighted by molar-refractivity contribution is 0.735. The Morgan fingerprint density at radius 3 is 2.83 bits per heavy atom. The molecule has 0 saturated carbocycles. The molecule has 1 aromatic heterocycles. The Bertz CT molecular complexity index is 605. The van der Waals surface area contributed by atoms with E-state index in [2.05, 4.69) is 54.1 Å². The zero-order chi connectivity index (χ0) is 12.5. The number of nitrogens with zero attached hydrogens (tertiary/aromatic N) is 1. The first-order valence-electron chi connectivity index (χ1n) is 6.81. The first-order valence-corrected chi connectivity index (χ1v) is 6.81. The summed E-state index contributed by atoms with van der Waals surface area (Å²) in [7, 11) is 0. The smallest absolute Gasteiger partial charge is 0.0488 e. The number of fused-ring (bicyclic) bond motifs is 1. The summed E-state index contributed by atoms with van der Waals surface area (Å²) in [6.07, 6.45) is 3.48. The van der Waals surface area contributed by atoms with Crippen LogP contribution in [0.4, 0.5) is 0 Å². The number of aromatic nitrogens is 1. The lowest BCUT2D eigenvalue weighted by Crippen LogP contribution is -2.20. The van der Waals surface area contributed by atoms with E-state index >= 15 is 0 Å². The summed E-state index contributed by atoms with van der Waals surface area (Å²) in [6.45, 7) is 7.61. The van der Waals surface area contributed by atoms with Gasteiger partial charge in [-0.25, -0.2) is 0 Å². The molecule has 3 rings (SSSR count). The molecule has 0 unspecified atom stereocenters. The second kappa shape index (κ2) is 4.62. The van der Waals surface area contributed by atoms with Gasteiger partial charge >= 0.3 is 0 Å². The molecule has 0 spiro atoms. The fourth-order valence-electron chi connectivity index (χ4n) is 3.09. The molecular weight excluding hydrogens is 220 g/mol. The van der Waals surface area contributed by atoms with Gasteiger partial charge in [0.05, 0.1) is 0 Å². The van der Waals surface area contributed by atoms with Gasteiger partial charge in [0.2, 0.25) is 0 Å². The monoisotopic (exact) mass is 240 g/mol. The Balaban J connectivity index is 2.28. The highest BCUT2D eigenvalue weighted by molar-refractivity contribution is 5.95. The molecule has 0 atom stereocenters. The van der Waals surface area contributed by atoms with Crippen molar-refractivity contribution in [2.45, 2.75) is 26.8 Å². The van der Waals surface area contributed by atoms with Crippen molar-refractivity contribution in [2.75, 3.05) is 13.1 Å². The third-order valence-electron chi connectivity index (χ3n) is 3.93. The van der Waals surface area contributed by atoms with Crippen molar-refractivity contribution in [3.63, 3.8) is 0 Å². The summed E-state index contributed by atoms with van der Waals surface area (Å²) in [5.41, 5.74) is 5.75. The summed E-state index contributed by atoms with van der Waals surface area (Å²) in [5, 5.41) is 4.80. The quantitative estimate of drug-likeness (QED) is 0.852. The van der Waals surface area contributed by atoms with Crippen molar-refractivity contribution in [3.05, 3.63) is 41.6 Å². The van der Waals surface area contributed by atoms with E-state index in [9.17, 15) is 0 Å². The number of hydrogen-bond donors (Lipinski definition) is 1. The fourth-order valence-corrected chi connectivity index (χ4v) is 3.09. The number of rotatable bonds is 2. The molecule has 1 aliphatic rings. The highest BCUT2D eigenvalue weighted by Crippen LogP contribution is 2.33. The van der Waals surface area contributed by atoms with Crippen molar-refractivity contribution < 1.29 is 0 Å². The largest absolute Gasteiger partial charge is 0.345 e. The van der Waals surface area contributed by atoms with Gasteiger partial charge in [-0.1, -0.05) is 24.3 Å². The Kier molecular flexibility index (Phi) is 2.96. The Hall–Kier alpha value is -1.54. The van der Waals surface area contributed by atoms with Crippen molar-refractivity contribution in [3.8, 4) is 0 Å². The maximum Gasteiger partial charge on any atom is 0.0488 e. The summed E-state index contributed by atoms with van der Waals surface area (Å²) in [6, 6.07) is 8.77. The third-order valence-corrected chi connectivity index (χ3v) is 3.93. The zero-order valence-electron chi connectivity index (χ0n) is 11.2. The Labute approximate surface area is 108 Å². The van der Waals surface area contributed by atoms with Crippen molar-refractivity contribution in [2.24, 2.45) is 0 Å². The average molecular weight is 240 g/mol. The van der Waals surface area contributed by atoms with Gasteiger partial charge in [0.25, 0.3) is 0 Å². The highest BCUT2D eigenvalue weighted by atomic mass is 15.0. The number of benzene rings is 1. The molecule has 0 saturated heterocycles. The normalized spacial score (nSPS) is 16.0. The van der Waals surface area contributed by atoms with E-state index in [4.69, 9.17) is 0 Å². The van der Waals surface area contributed by atoms with E-state index in [-0.39, 0.29) is 0 Å². The molecule has 2 aromatic rings. The molecule has 94 valence electrons. The van der Waals surface area contributed by atoms with E-state index in [0.29, 0.717) is 0 Å². The van der Waals surface area contributed by atoms with Crippen LogP contribution in [0, 0.1) is 6.92 Å². The van der Waals surface area contributed by atoms with Crippen LogP contribution in [-0.2, 0) is 6.54 Å². The highest BCUT2D eigenvalue weighted by Gasteiger charge is 2.16. The van der Waals surface area contributed by atoms with E-state index in [1.165, 1.54) is 27.7 Å². The van der Waals surface area contributed by atoms with Gasteiger partial charge in [0.15, 0.2) is 0 Å². The van der Waals surface area contributed by atoms with E-state index in [1.54, 1.807) is 0 Å². The van der Waals surface area contributed by atoms with Crippen LogP contribution in [0.15, 0.2) is 30.3 Å². The van der Waals surface area contributed by atoms with Crippen LogP contribution < -0.4 is 5.32 Å². The van der Waals surface area contributed by atoms with Gasteiger partial charge < -0.3 is 9.88 Å². The Morgan fingerprint density at radius 2 is 2.11 bits per heavy atom. The van der Waals surface area contributed by atoms with Crippen LogP contribution in [0.1, 0.15) is 24.6 Å². The molecule has 0 fully saturated rings. The second-order valence-corrected chi connectivity index (χ2v) is 4.91. The second-order valence-electron chi connectivity index (χ2n) is 4.91. The number of aryl methyl sites for hydroxylation is 1. The maximum absolute atomic E-state index is 3.39. The number of para-hydroxylation sites is 1. The molecule has 1 aliphatic heterocycles. The molecular formula is C16H20N2. The molecule has 2 nitrogen and oxygen atoms in total. The van der Waals surface area contributed by atoms with Crippen LogP contribution in [-0.4, -0.2) is 17.7 Å². The molecule has 1 N–H and O–H groups in total. The predicted octanol–water partition coefficient (Wildman–Crippen LogP) is 3.35. The number of nitrogens with one attached hydrogen (secondary N) is 1. The Morgan fingerprint density at radius 1 is 1.28 bits per heavy atom. The summed E-state index contributed by atoms with van der Waals surface area (Å²) in [4.78, 5) is 0. The molecule has 1 aromatic carbocycles. The predicted molar refractivity (Wildman–Crippen MR) is 77.8 cm³/mol. The minimum atomic E-state index is 1.00. The van der Waals surface area contributed by atoms with Gasteiger partial charge in [-0.3, -0.25) is 0 Å². The molecule has 0 bridgehead atoms. The fraction of sp³-hybridized carbons (Fsp3) is 0.375. The standard InChI is InChI=1S/C16H20N2/c1-3-18-12(2)16(13-8-10-17-11-9-13)14-6-4-5-7-15(14)18/h4-8,17H,3,9-11H2,1-2H3. The van der Waals surface area contributed by atoms with Crippen molar-refractivity contribution in [1.29, 1.82) is 0 Å². The zero-order valence-corrected chi connectivity index (χ0v) is 11.2. The van der Waals surface area contributed by atoms with Crippen molar-refractivity contribution >= 4 is 16.5 Å². The maximum atomic E-state index is 3.39. The average Bonchev–Trinajstić information content (AvgIpc) is 2.71. The molecule has 0 amide bonds. The molecule has 0 radical (unpaired) electrons. The molecule has 0 aliphatic carbocycles. The van der Waals surface area contributed by atoms with Crippen LogP contribution in [0.25, 0.3) is 16.5 Å². The molecule has 2 heteroatoms. The third kappa shape index (κ3) is 1.68. The van der Waals surface area contributed by atoms with E-state index in [1.807, 2.05) is 0 Å². The molecule has 18 heavy (non-hydrogen) atoms. The lowest BCUT2D eigenvalue weighted by atomic mass is 9.97. The van der Waals surface area contributed by atoms with Crippen LogP contribution in [0.3, 0.4) is 0 Å².